The van der Waals surface area contributed by atoms with Gasteiger partial charge in [0.05, 0.1) is 10.5 Å². The van der Waals surface area contributed by atoms with Crippen LogP contribution in [0.3, 0.4) is 0 Å². The third kappa shape index (κ3) is 3.62. The van der Waals surface area contributed by atoms with Gasteiger partial charge in [-0.3, -0.25) is 4.79 Å². The first-order valence-corrected chi connectivity index (χ1v) is 8.17. The monoisotopic (exact) mass is 339 g/mol. The highest BCUT2D eigenvalue weighted by Gasteiger charge is 2.16. The molecule has 0 radical (unpaired) electrons. The Morgan fingerprint density at radius 3 is 2.55 bits per heavy atom. The predicted molar refractivity (Wildman–Crippen MR) is 84.6 cm³/mol. The second-order valence-electron chi connectivity index (χ2n) is 4.51. The van der Waals surface area contributed by atoms with Crippen molar-refractivity contribution in [2.45, 2.75) is 11.8 Å². The molecule has 1 aromatic carbocycles. The van der Waals surface area contributed by atoms with Gasteiger partial charge in [-0.2, -0.15) is 0 Å². The summed E-state index contributed by atoms with van der Waals surface area (Å²) >= 11 is 5.66. The molecule has 2 rings (SSSR count). The van der Waals surface area contributed by atoms with Crippen molar-refractivity contribution in [1.82, 2.24) is 9.71 Å². The number of carbonyl (C=O) groups is 1. The van der Waals surface area contributed by atoms with E-state index in [9.17, 15) is 13.2 Å². The molecule has 8 heteroatoms. The zero-order chi connectivity index (χ0) is 16.3. The molecular weight excluding hydrogens is 326 g/mol. The first-order chi connectivity index (χ1) is 10.3. The molecule has 0 spiro atoms. The van der Waals surface area contributed by atoms with Crippen molar-refractivity contribution in [3.8, 4) is 0 Å². The third-order valence-corrected chi connectivity index (χ3v) is 4.77. The van der Waals surface area contributed by atoms with Crippen molar-refractivity contribution in [1.29, 1.82) is 0 Å². The summed E-state index contributed by atoms with van der Waals surface area (Å²) in [4.78, 5) is 16.0. The molecule has 2 aromatic rings. The number of sulfonamides is 1. The summed E-state index contributed by atoms with van der Waals surface area (Å²) in [6, 6.07) is 7.69. The number of rotatable bonds is 4. The lowest BCUT2D eigenvalue weighted by molar-refractivity contribution is 0.102. The van der Waals surface area contributed by atoms with Gasteiger partial charge >= 0.3 is 0 Å². The molecule has 0 unspecified atom stereocenters. The summed E-state index contributed by atoms with van der Waals surface area (Å²) in [7, 11) is -2.26. The molecule has 22 heavy (non-hydrogen) atoms. The minimum absolute atomic E-state index is 0.113. The van der Waals surface area contributed by atoms with Crippen molar-refractivity contribution in [2.75, 3.05) is 12.4 Å². The Morgan fingerprint density at radius 2 is 1.95 bits per heavy atom. The number of hydrogen-bond acceptors (Lipinski definition) is 4. The number of amides is 1. The Morgan fingerprint density at radius 1 is 1.23 bits per heavy atom. The molecular formula is C14H14ClN3O3S. The molecule has 0 saturated heterocycles. The van der Waals surface area contributed by atoms with Crippen LogP contribution in [-0.2, 0) is 10.0 Å². The van der Waals surface area contributed by atoms with Crippen LogP contribution in [0.15, 0.2) is 41.4 Å². The SMILES string of the molecule is CNS(=O)(=O)c1cc(NC(=O)c2ccc(Cl)nc2)ccc1C. The fraction of sp³-hybridized carbons (Fsp3) is 0.143. The highest BCUT2D eigenvalue weighted by atomic mass is 35.5. The summed E-state index contributed by atoms with van der Waals surface area (Å²) in [5, 5.41) is 2.91. The van der Waals surface area contributed by atoms with Gasteiger partial charge in [0.1, 0.15) is 5.15 Å². The van der Waals surface area contributed by atoms with Crippen LogP contribution >= 0.6 is 11.6 Å². The summed E-state index contributed by atoms with van der Waals surface area (Å²) in [5.41, 5.74) is 1.28. The van der Waals surface area contributed by atoms with Crippen LogP contribution in [0.1, 0.15) is 15.9 Å². The first kappa shape index (κ1) is 16.4. The average molecular weight is 340 g/mol. The molecule has 0 aliphatic rings. The lowest BCUT2D eigenvalue weighted by Gasteiger charge is -2.10. The number of nitrogens with one attached hydrogen (secondary N) is 2. The van der Waals surface area contributed by atoms with Crippen LogP contribution in [0.5, 0.6) is 0 Å². The fourth-order valence-electron chi connectivity index (χ4n) is 1.79. The van der Waals surface area contributed by atoms with Crippen LogP contribution < -0.4 is 10.0 Å². The van der Waals surface area contributed by atoms with Gasteiger partial charge in [0.15, 0.2) is 0 Å². The normalized spacial score (nSPS) is 11.2. The zero-order valence-corrected chi connectivity index (χ0v) is 13.5. The van der Waals surface area contributed by atoms with Crippen LogP contribution in [0.25, 0.3) is 0 Å². The van der Waals surface area contributed by atoms with Gasteiger partial charge in [0, 0.05) is 11.9 Å². The highest BCUT2D eigenvalue weighted by Crippen LogP contribution is 2.20. The Labute approximate surface area is 133 Å². The largest absolute Gasteiger partial charge is 0.322 e. The summed E-state index contributed by atoms with van der Waals surface area (Å²) < 4.78 is 26.1. The third-order valence-electron chi connectivity index (χ3n) is 2.99. The first-order valence-electron chi connectivity index (χ1n) is 6.30. The van der Waals surface area contributed by atoms with E-state index in [-0.39, 0.29) is 10.0 Å². The number of halogens is 1. The summed E-state index contributed by atoms with van der Waals surface area (Å²) in [6.45, 7) is 1.68. The Hall–Kier alpha value is -1.96. The molecule has 0 aliphatic carbocycles. The van der Waals surface area contributed by atoms with E-state index in [1.807, 2.05) is 0 Å². The number of carbonyl (C=O) groups excluding carboxylic acids is 1. The van der Waals surface area contributed by atoms with Gasteiger partial charge in [0.2, 0.25) is 10.0 Å². The molecule has 0 fully saturated rings. The van der Waals surface area contributed by atoms with Crippen LogP contribution in [-0.4, -0.2) is 26.4 Å². The van der Waals surface area contributed by atoms with Gasteiger partial charge < -0.3 is 5.32 Å². The number of pyridine rings is 1. The Balaban J connectivity index is 2.29. The van der Waals surface area contributed by atoms with Crippen LogP contribution in [0.2, 0.25) is 5.15 Å². The van der Waals surface area contributed by atoms with E-state index in [2.05, 4.69) is 15.0 Å². The van der Waals surface area contributed by atoms with Gasteiger partial charge in [0.25, 0.3) is 5.91 Å². The average Bonchev–Trinajstić information content (AvgIpc) is 2.49. The zero-order valence-electron chi connectivity index (χ0n) is 11.9. The number of benzene rings is 1. The van der Waals surface area contributed by atoms with E-state index in [0.717, 1.165) is 0 Å². The standard InChI is InChI=1S/C14H14ClN3O3S/c1-9-3-5-11(7-12(9)22(20,21)16-2)18-14(19)10-4-6-13(15)17-8-10/h3-8,16H,1-2H3,(H,18,19). The molecule has 6 nitrogen and oxygen atoms in total. The number of nitrogens with zero attached hydrogens (tertiary/aromatic N) is 1. The molecule has 1 aromatic heterocycles. The van der Waals surface area contributed by atoms with E-state index in [4.69, 9.17) is 11.6 Å². The molecule has 0 aliphatic heterocycles. The van der Waals surface area contributed by atoms with E-state index in [1.54, 1.807) is 19.1 Å². The summed E-state index contributed by atoms with van der Waals surface area (Å²) in [5.74, 6) is -0.402. The maximum absolute atomic E-state index is 12.1. The van der Waals surface area contributed by atoms with Crippen molar-refractivity contribution in [2.24, 2.45) is 0 Å². The van der Waals surface area contributed by atoms with Gasteiger partial charge in [-0.15, -0.1) is 0 Å². The smallest absolute Gasteiger partial charge is 0.257 e. The maximum Gasteiger partial charge on any atom is 0.257 e. The predicted octanol–water partition coefficient (Wildman–Crippen LogP) is 2.20. The van der Waals surface area contributed by atoms with Gasteiger partial charge in [-0.25, -0.2) is 18.1 Å². The maximum atomic E-state index is 12.1. The Bertz CT molecular complexity index is 805. The second-order valence-corrected chi connectivity index (χ2v) is 6.75. The molecule has 116 valence electrons. The van der Waals surface area contributed by atoms with Crippen molar-refractivity contribution < 1.29 is 13.2 Å². The molecule has 0 saturated carbocycles. The molecule has 0 atom stereocenters. The number of aryl methyl sites for hydroxylation is 1. The quantitative estimate of drug-likeness (QED) is 0.836. The highest BCUT2D eigenvalue weighted by molar-refractivity contribution is 7.89. The van der Waals surface area contributed by atoms with E-state index < -0.39 is 15.9 Å². The van der Waals surface area contributed by atoms with Gasteiger partial charge in [-0.1, -0.05) is 17.7 Å². The van der Waals surface area contributed by atoms with Crippen molar-refractivity contribution in [3.05, 3.63) is 52.8 Å². The number of anilines is 1. The molecule has 2 N–H and O–H groups in total. The van der Waals surface area contributed by atoms with Crippen LogP contribution in [0.4, 0.5) is 5.69 Å². The number of hydrogen-bond donors (Lipinski definition) is 2. The topological polar surface area (TPSA) is 88.2 Å². The molecule has 1 heterocycles. The molecule has 1 amide bonds. The molecule has 0 bridgehead atoms. The van der Waals surface area contributed by atoms with Crippen LogP contribution in [0, 0.1) is 6.92 Å². The number of aromatic nitrogens is 1. The van der Waals surface area contributed by atoms with Crippen molar-refractivity contribution in [3.63, 3.8) is 0 Å². The Kier molecular flexibility index (Phi) is 4.80. The lowest BCUT2D eigenvalue weighted by atomic mass is 10.2. The summed E-state index contributed by atoms with van der Waals surface area (Å²) in [6.07, 6.45) is 1.34. The lowest BCUT2D eigenvalue weighted by Crippen LogP contribution is -2.20. The minimum Gasteiger partial charge on any atom is -0.322 e. The van der Waals surface area contributed by atoms with Gasteiger partial charge in [-0.05, 0) is 43.8 Å². The van der Waals surface area contributed by atoms with E-state index in [0.29, 0.717) is 16.8 Å². The minimum atomic E-state index is -3.59. The van der Waals surface area contributed by atoms with Crippen molar-refractivity contribution >= 4 is 33.2 Å². The second kappa shape index (κ2) is 6.43. The fourth-order valence-corrected chi connectivity index (χ4v) is 2.90. The van der Waals surface area contributed by atoms with E-state index >= 15 is 0 Å². The van der Waals surface area contributed by atoms with E-state index in [1.165, 1.54) is 31.4 Å².